The van der Waals surface area contributed by atoms with Crippen molar-refractivity contribution in [2.45, 2.75) is 19.3 Å². The molecule has 0 bridgehead atoms. The highest BCUT2D eigenvalue weighted by Crippen LogP contribution is 2.31. The minimum Gasteiger partial charge on any atom is -0.366 e. The molecule has 0 saturated carbocycles. The van der Waals surface area contributed by atoms with Crippen LogP contribution in [0.15, 0.2) is 35.7 Å². The second-order valence-corrected chi connectivity index (χ2v) is 5.42. The van der Waals surface area contributed by atoms with Crippen molar-refractivity contribution in [1.29, 1.82) is 0 Å². The third kappa shape index (κ3) is 4.05. The molecule has 0 unspecified atom stereocenters. The fourth-order valence-electron chi connectivity index (χ4n) is 1.87. The second-order valence-electron chi connectivity index (χ2n) is 4.42. The maximum Gasteiger partial charge on any atom is 0.416 e. The first-order valence-electron chi connectivity index (χ1n) is 6.11. The maximum absolute atomic E-state index is 12.8. The van der Waals surface area contributed by atoms with Crippen molar-refractivity contribution in [3.63, 3.8) is 0 Å². The van der Waals surface area contributed by atoms with Crippen molar-refractivity contribution in [3.05, 3.63) is 57.3 Å². The number of nitrogens with two attached hydrogens (primary N) is 1. The quantitative estimate of drug-likeness (QED) is 0.891. The molecule has 0 aliphatic heterocycles. The lowest BCUT2D eigenvalue weighted by atomic mass is 10.1. The van der Waals surface area contributed by atoms with Crippen LogP contribution in [0.2, 0.25) is 0 Å². The van der Waals surface area contributed by atoms with Crippen LogP contribution < -0.4 is 11.1 Å². The smallest absolute Gasteiger partial charge is 0.366 e. The molecule has 2 aromatic rings. The van der Waals surface area contributed by atoms with Gasteiger partial charge in [0.25, 0.3) is 0 Å². The van der Waals surface area contributed by atoms with E-state index in [1.165, 1.54) is 23.5 Å². The predicted octanol–water partition coefficient (Wildman–Crippen LogP) is 3.16. The number of nitrogens with one attached hydrogen (secondary N) is 1. The summed E-state index contributed by atoms with van der Waals surface area (Å²) >= 11 is 1.34. The Labute approximate surface area is 123 Å². The van der Waals surface area contributed by atoms with E-state index in [4.69, 9.17) is 5.73 Å². The molecule has 1 aromatic carbocycles. The van der Waals surface area contributed by atoms with E-state index in [0.717, 1.165) is 10.9 Å². The minimum absolute atomic E-state index is 0.0967. The summed E-state index contributed by atoms with van der Waals surface area (Å²) in [5.41, 5.74) is 5.10. The maximum atomic E-state index is 12.8. The highest BCUT2D eigenvalue weighted by atomic mass is 32.1. The van der Waals surface area contributed by atoms with E-state index in [1.807, 2.05) is 0 Å². The normalized spacial score (nSPS) is 11.6. The van der Waals surface area contributed by atoms with Crippen molar-refractivity contribution in [2.75, 3.05) is 0 Å². The van der Waals surface area contributed by atoms with Gasteiger partial charge in [-0.1, -0.05) is 18.2 Å². The molecule has 0 saturated heterocycles. The van der Waals surface area contributed by atoms with Gasteiger partial charge in [-0.2, -0.15) is 13.2 Å². The summed E-state index contributed by atoms with van der Waals surface area (Å²) in [6, 6.07) is 7.08. The van der Waals surface area contributed by atoms with E-state index in [-0.39, 0.29) is 12.1 Å². The van der Waals surface area contributed by atoms with Gasteiger partial charge in [-0.25, -0.2) is 0 Å². The van der Waals surface area contributed by atoms with Gasteiger partial charge in [0, 0.05) is 23.3 Å². The summed E-state index contributed by atoms with van der Waals surface area (Å²) in [4.78, 5) is 11.8. The van der Waals surface area contributed by atoms with Crippen molar-refractivity contribution in [3.8, 4) is 0 Å². The van der Waals surface area contributed by atoms with Gasteiger partial charge in [0.2, 0.25) is 5.91 Å². The van der Waals surface area contributed by atoms with Gasteiger partial charge < -0.3 is 11.1 Å². The molecular formula is C14H13F3N2OS. The van der Waals surface area contributed by atoms with Crippen molar-refractivity contribution in [2.24, 2.45) is 5.73 Å². The Bertz CT molecular complexity index is 637. The number of carbonyl (C=O) groups is 1. The molecule has 0 spiro atoms. The van der Waals surface area contributed by atoms with E-state index >= 15 is 0 Å². The molecular weight excluding hydrogens is 301 g/mol. The Balaban J connectivity index is 1.99. The molecule has 112 valence electrons. The summed E-state index contributed by atoms with van der Waals surface area (Å²) in [7, 11) is 0. The fraction of sp³-hybridized carbons (Fsp3) is 0.214. The average molecular weight is 314 g/mol. The Morgan fingerprint density at radius 1 is 1.24 bits per heavy atom. The molecule has 2 rings (SSSR count). The Kier molecular flexibility index (Phi) is 4.64. The van der Waals surface area contributed by atoms with E-state index in [9.17, 15) is 18.0 Å². The van der Waals surface area contributed by atoms with Crippen LogP contribution in [-0.2, 0) is 19.3 Å². The number of hydrogen-bond donors (Lipinski definition) is 2. The van der Waals surface area contributed by atoms with E-state index in [0.29, 0.717) is 12.1 Å². The monoisotopic (exact) mass is 314 g/mol. The van der Waals surface area contributed by atoms with Gasteiger partial charge in [0.1, 0.15) is 0 Å². The van der Waals surface area contributed by atoms with E-state index in [1.54, 1.807) is 17.5 Å². The predicted molar refractivity (Wildman–Crippen MR) is 74.8 cm³/mol. The number of halogens is 3. The Morgan fingerprint density at radius 3 is 2.57 bits per heavy atom. The summed E-state index contributed by atoms with van der Waals surface area (Å²) in [6.07, 6.45) is -4.36. The summed E-state index contributed by atoms with van der Waals surface area (Å²) in [6.45, 7) is 0.476. The van der Waals surface area contributed by atoms with Gasteiger partial charge in [-0.3, -0.25) is 4.79 Å². The fourth-order valence-corrected chi connectivity index (χ4v) is 2.72. The van der Waals surface area contributed by atoms with E-state index in [2.05, 4.69) is 5.32 Å². The zero-order chi connectivity index (χ0) is 15.5. The van der Waals surface area contributed by atoms with Gasteiger partial charge in [-0.05, 0) is 17.7 Å². The molecule has 0 atom stereocenters. The van der Waals surface area contributed by atoms with Gasteiger partial charge in [0.15, 0.2) is 0 Å². The number of thiophene rings is 1. The first kappa shape index (κ1) is 15.5. The van der Waals surface area contributed by atoms with Crippen molar-refractivity contribution in [1.82, 2.24) is 5.32 Å². The topological polar surface area (TPSA) is 55.1 Å². The molecule has 3 N–H and O–H groups in total. The van der Waals surface area contributed by atoms with Crippen LogP contribution in [0.1, 0.15) is 26.4 Å². The molecule has 0 aliphatic rings. The number of rotatable bonds is 5. The standard InChI is InChI=1S/C14H13F3N2OS/c15-14(16,17)12-4-2-1-3-9(12)6-19-7-11-5-10(8-21-11)13(18)20/h1-5,8,19H,6-7H2,(H2,18,20). The van der Waals surface area contributed by atoms with Crippen LogP contribution in [0.5, 0.6) is 0 Å². The Morgan fingerprint density at radius 2 is 1.95 bits per heavy atom. The molecule has 0 aliphatic carbocycles. The molecule has 1 heterocycles. The molecule has 1 amide bonds. The summed E-state index contributed by atoms with van der Waals surface area (Å²) in [5, 5.41) is 4.57. The van der Waals surface area contributed by atoms with Crippen LogP contribution in [-0.4, -0.2) is 5.91 Å². The first-order chi connectivity index (χ1) is 9.88. The SMILES string of the molecule is NC(=O)c1csc(CNCc2ccccc2C(F)(F)F)c1. The molecule has 7 heteroatoms. The highest BCUT2D eigenvalue weighted by molar-refractivity contribution is 7.10. The van der Waals surface area contributed by atoms with Gasteiger partial charge >= 0.3 is 6.18 Å². The zero-order valence-electron chi connectivity index (χ0n) is 10.9. The Hall–Kier alpha value is -1.86. The van der Waals surface area contributed by atoms with Crippen molar-refractivity contribution < 1.29 is 18.0 Å². The molecule has 3 nitrogen and oxygen atoms in total. The van der Waals surface area contributed by atoms with Crippen LogP contribution >= 0.6 is 11.3 Å². The van der Waals surface area contributed by atoms with Crippen LogP contribution in [0.25, 0.3) is 0 Å². The minimum atomic E-state index is -4.36. The lowest BCUT2D eigenvalue weighted by Crippen LogP contribution is -2.17. The van der Waals surface area contributed by atoms with Gasteiger partial charge in [0.05, 0.1) is 11.1 Å². The van der Waals surface area contributed by atoms with Crippen LogP contribution in [0.3, 0.4) is 0 Å². The molecule has 21 heavy (non-hydrogen) atoms. The second kappa shape index (κ2) is 6.28. The van der Waals surface area contributed by atoms with Crippen molar-refractivity contribution >= 4 is 17.2 Å². The third-order valence-electron chi connectivity index (χ3n) is 2.88. The average Bonchev–Trinajstić information content (AvgIpc) is 2.87. The number of carbonyl (C=O) groups excluding carboxylic acids is 1. The largest absolute Gasteiger partial charge is 0.416 e. The number of benzene rings is 1. The molecule has 0 fully saturated rings. The van der Waals surface area contributed by atoms with Gasteiger partial charge in [-0.15, -0.1) is 11.3 Å². The third-order valence-corrected chi connectivity index (χ3v) is 3.81. The van der Waals surface area contributed by atoms with Crippen LogP contribution in [0.4, 0.5) is 13.2 Å². The molecule has 0 radical (unpaired) electrons. The first-order valence-corrected chi connectivity index (χ1v) is 6.99. The van der Waals surface area contributed by atoms with E-state index < -0.39 is 17.6 Å². The number of amides is 1. The highest BCUT2D eigenvalue weighted by Gasteiger charge is 2.32. The lowest BCUT2D eigenvalue weighted by molar-refractivity contribution is -0.138. The zero-order valence-corrected chi connectivity index (χ0v) is 11.7. The summed E-state index contributed by atoms with van der Waals surface area (Å²) in [5.74, 6) is -0.514. The number of alkyl halides is 3. The number of hydrogen-bond acceptors (Lipinski definition) is 3. The molecule has 1 aromatic heterocycles. The van der Waals surface area contributed by atoms with Crippen LogP contribution in [0, 0.1) is 0 Å². The lowest BCUT2D eigenvalue weighted by Gasteiger charge is -2.12. The summed E-state index contributed by atoms with van der Waals surface area (Å²) < 4.78 is 38.4. The number of primary amides is 1.